The smallest absolute Gasteiger partial charge is 0.356 e. The fourth-order valence-corrected chi connectivity index (χ4v) is 1.44. The highest BCUT2D eigenvalue weighted by atomic mass is 16.5. The summed E-state index contributed by atoms with van der Waals surface area (Å²) in [6.45, 7) is 0.559. The van der Waals surface area contributed by atoms with Gasteiger partial charge >= 0.3 is 5.97 Å². The van der Waals surface area contributed by atoms with Crippen LogP contribution in [0.2, 0.25) is 0 Å². The zero-order valence-corrected chi connectivity index (χ0v) is 9.80. The molecule has 0 aliphatic heterocycles. The molecule has 0 aromatic carbocycles. The number of hydrogen-bond acceptors (Lipinski definition) is 6. The van der Waals surface area contributed by atoms with Crippen LogP contribution >= 0.6 is 0 Å². The Hall–Kier alpha value is -1.44. The molecule has 0 amide bonds. The third kappa shape index (κ3) is 3.26. The van der Waals surface area contributed by atoms with Gasteiger partial charge in [0.15, 0.2) is 0 Å². The van der Waals surface area contributed by atoms with Crippen molar-refractivity contribution in [2.75, 3.05) is 20.7 Å². The second kappa shape index (κ2) is 6.33. The Kier molecular flexibility index (Phi) is 5.08. The van der Waals surface area contributed by atoms with E-state index in [9.17, 15) is 15.0 Å². The normalized spacial score (nSPS) is 14.4. The summed E-state index contributed by atoms with van der Waals surface area (Å²) in [5.41, 5.74) is 0.295. The van der Waals surface area contributed by atoms with Gasteiger partial charge in [0, 0.05) is 5.56 Å². The van der Waals surface area contributed by atoms with E-state index < -0.39 is 18.2 Å². The lowest BCUT2D eigenvalue weighted by Gasteiger charge is -2.17. The summed E-state index contributed by atoms with van der Waals surface area (Å²) >= 11 is 0. The number of aromatic nitrogens is 2. The summed E-state index contributed by atoms with van der Waals surface area (Å²) < 4.78 is 4.53. The molecule has 0 aliphatic carbocycles. The number of aliphatic hydroxyl groups is 2. The summed E-state index contributed by atoms with van der Waals surface area (Å²) in [6, 6.07) is 0. The van der Waals surface area contributed by atoms with E-state index in [-0.39, 0.29) is 11.3 Å². The van der Waals surface area contributed by atoms with Crippen LogP contribution in [0, 0.1) is 0 Å². The van der Waals surface area contributed by atoms with Gasteiger partial charge in [-0.05, 0) is 20.0 Å². The number of carbonyl (C=O) groups is 1. The van der Waals surface area contributed by atoms with Crippen LogP contribution in [0.15, 0.2) is 6.20 Å². The van der Waals surface area contributed by atoms with Gasteiger partial charge in [-0.3, -0.25) is 5.10 Å². The summed E-state index contributed by atoms with van der Waals surface area (Å²) in [5, 5.41) is 28.6. The Morgan fingerprint density at radius 2 is 2.35 bits per heavy atom. The molecule has 96 valence electrons. The van der Waals surface area contributed by atoms with E-state index in [1.54, 1.807) is 7.05 Å². The van der Waals surface area contributed by atoms with Crippen molar-refractivity contribution in [2.45, 2.75) is 18.6 Å². The molecule has 7 nitrogen and oxygen atoms in total. The van der Waals surface area contributed by atoms with Crippen LogP contribution in [0.3, 0.4) is 0 Å². The van der Waals surface area contributed by atoms with Crippen LogP contribution in [0.1, 0.15) is 28.6 Å². The third-order valence-corrected chi connectivity index (χ3v) is 2.43. The monoisotopic (exact) mass is 243 g/mol. The van der Waals surface area contributed by atoms with Gasteiger partial charge in [0.1, 0.15) is 11.8 Å². The Balaban J connectivity index is 2.77. The van der Waals surface area contributed by atoms with E-state index in [2.05, 4.69) is 20.3 Å². The highest BCUT2D eigenvalue weighted by molar-refractivity contribution is 5.88. The van der Waals surface area contributed by atoms with E-state index in [0.29, 0.717) is 13.0 Å². The van der Waals surface area contributed by atoms with Gasteiger partial charge in [0.05, 0.1) is 19.4 Å². The Labute approximate surface area is 98.8 Å². The number of methoxy groups -OCH3 is 1. The van der Waals surface area contributed by atoms with Gasteiger partial charge in [0.2, 0.25) is 0 Å². The van der Waals surface area contributed by atoms with Crippen LogP contribution in [-0.2, 0) is 4.74 Å². The van der Waals surface area contributed by atoms with Crippen molar-refractivity contribution in [3.8, 4) is 0 Å². The fraction of sp³-hybridized carbons (Fsp3) is 0.600. The van der Waals surface area contributed by atoms with Crippen molar-refractivity contribution in [3.05, 3.63) is 17.5 Å². The molecule has 0 bridgehead atoms. The molecule has 1 aromatic heterocycles. The summed E-state index contributed by atoms with van der Waals surface area (Å²) in [5.74, 6) is -0.627. The molecule has 0 aliphatic rings. The predicted octanol–water partition coefficient (Wildman–Crippen LogP) is -0.800. The quantitative estimate of drug-likeness (QED) is 0.487. The lowest BCUT2D eigenvalue weighted by molar-refractivity contribution is 0.0129. The number of rotatable bonds is 6. The average Bonchev–Trinajstić information content (AvgIpc) is 2.82. The zero-order valence-electron chi connectivity index (χ0n) is 9.80. The second-order valence-corrected chi connectivity index (χ2v) is 3.60. The predicted molar refractivity (Wildman–Crippen MR) is 59.4 cm³/mol. The molecule has 1 aromatic rings. The molecule has 1 heterocycles. The molecule has 4 N–H and O–H groups in total. The number of esters is 1. The largest absolute Gasteiger partial charge is 0.464 e. The summed E-state index contributed by atoms with van der Waals surface area (Å²) in [6.07, 6.45) is -0.470. The molecule has 2 atom stereocenters. The molecule has 0 radical (unpaired) electrons. The Morgan fingerprint density at radius 3 is 2.94 bits per heavy atom. The van der Waals surface area contributed by atoms with E-state index in [4.69, 9.17) is 0 Å². The van der Waals surface area contributed by atoms with Crippen molar-refractivity contribution in [2.24, 2.45) is 0 Å². The topological polar surface area (TPSA) is 107 Å². The first-order valence-corrected chi connectivity index (χ1v) is 5.24. The van der Waals surface area contributed by atoms with Gasteiger partial charge in [-0.1, -0.05) is 0 Å². The zero-order chi connectivity index (χ0) is 12.8. The number of nitrogens with one attached hydrogen (secondary N) is 2. The van der Waals surface area contributed by atoms with Gasteiger partial charge in [-0.2, -0.15) is 5.10 Å². The summed E-state index contributed by atoms with van der Waals surface area (Å²) in [4.78, 5) is 11.3. The van der Waals surface area contributed by atoms with Crippen LogP contribution in [-0.4, -0.2) is 53.2 Å². The molecule has 0 saturated carbocycles. The van der Waals surface area contributed by atoms with Gasteiger partial charge in [0.25, 0.3) is 0 Å². The average molecular weight is 243 g/mol. The van der Waals surface area contributed by atoms with Crippen molar-refractivity contribution >= 4 is 5.97 Å². The first-order valence-electron chi connectivity index (χ1n) is 5.24. The maximum absolute atomic E-state index is 11.3. The minimum atomic E-state index is -1.17. The van der Waals surface area contributed by atoms with E-state index in [1.165, 1.54) is 13.3 Å². The molecule has 2 unspecified atom stereocenters. The molecule has 0 saturated heterocycles. The number of ether oxygens (including phenoxy) is 1. The molecule has 17 heavy (non-hydrogen) atoms. The van der Waals surface area contributed by atoms with Gasteiger partial charge < -0.3 is 20.3 Å². The maximum atomic E-state index is 11.3. The van der Waals surface area contributed by atoms with Crippen LogP contribution in [0.4, 0.5) is 0 Å². The van der Waals surface area contributed by atoms with Gasteiger partial charge in [-0.25, -0.2) is 4.79 Å². The maximum Gasteiger partial charge on any atom is 0.356 e. The first kappa shape index (κ1) is 13.6. The minimum Gasteiger partial charge on any atom is -0.464 e. The lowest BCUT2D eigenvalue weighted by atomic mass is 10.0. The Bertz CT molecular complexity index is 366. The molecule has 0 fully saturated rings. The highest BCUT2D eigenvalue weighted by Gasteiger charge is 2.25. The first-order chi connectivity index (χ1) is 8.11. The van der Waals surface area contributed by atoms with Crippen molar-refractivity contribution < 1.29 is 19.7 Å². The molecular formula is C10H17N3O4. The SMILES string of the molecule is CNCCC(O)C(O)c1cn[nH]c1C(=O)OC. The number of hydrogen-bond donors (Lipinski definition) is 4. The standard InChI is InChI=1S/C10H17N3O4/c1-11-4-3-7(14)9(15)6-5-12-13-8(6)10(16)17-2/h5,7,9,11,14-15H,3-4H2,1-2H3,(H,12,13). The van der Waals surface area contributed by atoms with E-state index >= 15 is 0 Å². The number of aromatic amines is 1. The van der Waals surface area contributed by atoms with E-state index in [0.717, 1.165) is 0 Å². The third-order valence-electron chi connectivity index (χ3n) is 2.43. The van der Waals surface area contributed by atoms with Gasteiger partial charge in [-0.15, -0.1) is 0 Å². The molecule has 1 rings (SSSR count). The van der Waals surface area contributed by atoms with Crippen molar-refractivity contribution in [1.82, 2.24) is 15.5 Å². The second-order valence-electron chi connectivity index (χ2n) is 3.60. The fourth-order valence-electron chi connectivity index (χ4n) is 1.44. The van der Waals surface area contributed by atoms with Crippen LogP contribution < -0.4 is 5.32 Å². The number of aliphatic hydroxyl groups excluding tert-OH is 2. The molecule has 0 spiro atoms. The lowest BCUT2D eigenvalue weighted by Crippen LogP contribution is -2.24. The van der Waals surface area contributed by atoms with Crippen molar-refractivity contribution in [1.29, 1.82) is 0 Å². The Morgan fingerprint density at radius 1 is 1.65 bits per heavy atom. The highest BCUT2D eigenvalue weighted by Crippen LogP contribution is 2.21. The minimum absolute atomic E-state index is 0.0588. The van der Waals surface area contributed by atoms with Crippen LogP contribution in [0.5, 0.6) is 0 Å². The molecule has 7 heteroatoms. The number of H-pyrrole nitrogens is 1. The molecular weight excluding hydrogens is 226 g/mol. The number of nitrogens with zero attached hydrogens (tertiary/aromatic N) is 1. The number of carbonyl (C=O) groups excluding carboxylic acids is 1. The van der Waals surface area contributed by atoms with Crippen molar-refractivity contribution in [3.63, 3.8) is 0 Å². The van der Waals surface area contributed by atoms with E-state index in [1.807, 2.05) is 0 Å². The van der Waals surface area contributed by atoms with Crippen LogP contribution in [0.25, 0.3) is 0 Å². The summed E-state index contributed by atoms with van der Waals surface area (Å²) in [7, 11) is 2.98.